The van der Waals surface area contributed by atoms with Crippen LogP contribution < -0.4 is 4.74 Å². The Balaban J connectivity index is 1.38. The van der Waals surface area contributed by atoms with Gasteiger partial charge in [0.25, 0.3) is 0 Å². The van der Waals surface area contributed by atoms with Crippen LogP contribution in [0, 0.1) is 26.7 Å². The fourth-order valence-corrected chi connectivity index (χ4v) is 5.06. The Hall–Kier alpha value is -3.31. The second-order valence-electron chi connectivity index (χ2n) is 9.83. The standard InChI is InChI=1S/C30H33FN2O2/c1-20-4-7-25(14-21(20)2)30-22(3)28-15-26(34)8-11-29(28)33(30)19-23-5-9-27(10-6-23)35-13-12-32-17-24(16-31)18-32/h4-11,14-15,24,34H,12-13,16-19H2,1-3H3. The van der Waals surface area contributed by atoms with Crippen molar-refractivity contribution in [2.75, 3.05) is 32.9 Å². The van der Waals surface area contributed by atoms with Gasteiger partial charge in [0.1, 0.15) is 18.1 Å². The first-order valence-electron chi connectivity index (χ1n) is 12.3. The number of halogens is 1. The van der Waals surface area contributed by atoms with E-state index in [0.29, 0.717) is 6.61 Å². The van der Waals surface area contributed by atoms with Gasteiger partial charge in [0.2, 0.25) is 0 Å². The minimum absolute atomic E-state index is 0.209. The number of phenols is 1. The Labute approximate surface area is 206 Å². The van der Waals surface area contributed by atoms with Crippen LogP contribution in [-0.2, 0) is 6.54 Å². The molecule has 0 amide bonds. The predicted molar refractivity (Wildman–Crippen MR) is 140 cm³/mol. The molecule has 1 aromatic heterocycles. The normalized spacial score (nSPS) is 14.4. The number of aromatic nitrogens is 1. The number of nitrogens with zero attached hydrogens (tertiary/aromatic N) is 2. The highest BCUT2D eigenvalue weighted by Crippen LogP contribution is 2.36. The topological polar surface area (TPSA) is 37.6 Å². The molecule has 1 aliphatic rings. The van der Waals surface area contributed by atoms with Crippen LogP contribution in [0.25, 0.3) is 22.2 Å². The molecule has 5 heteroatoms. The maximum absolute atomic E-state index is 12.6. The summed E-state index contributed by atoms with van der Waals surface area (Å²) in [6.07, 6.45) is 0. The molecule has 1 aliphatic heterocycles. The Morgan fingerprint density at radius 1 is 0.943 bits per heavy atom. The van der Waals surface area contributed by atoms with Gasteiger partial charge in [0, 0.05) is 43.0 Å². The number of aryl methyl sites for hydroxylation is 3. The molecule has 4 aromatic rings. The molecule has 0 radical (unpaired) electrons. The molecule has 0 saturated carbocycles. The molecule has 0 bridgehead atoms. The first-order valence-corrected chi connectivity index (χ1v) is 12.3. The summed E-state index contributed by atoms with van der Waals surface area (Å²) < 4.78 is 20.8. The van der Waals surface area contributed by atoms with E-state index in [2.05, 4.69) is 60.6 Å². The van der Waals surface area contributed by atoms with Crippen LogP contribution in [0.15, 0.2) is 60.7 Å². The molecule has 0 unspecified atom stereocenters. The zero-order valence-electron chi connectivity index (χ0n) is 20.7. The van der Waals surface area contributed by atoms with Crippen LogP contribution in [0.5, 0.6) is 11.5 Å². The first kappa shape index (κ1) is 23.4. The van der Waals surface area contributed by atoms with E-state index in [1.54, 1.807) is 6.07 Å². The summed E-state index contributed by atoms with van der Waals surface area (Å²) in [5.74, 6) is 1.34. The summed E-state index contributed by atoms with van der Waals surface area (Å²) in [5, 5.41) is 11.2. The van der Waals surface area contributed by atoms with E-state index in [1.807, 2.05) is 24.3 Å². The van der Waals surface area contributed by atoms with Gasteiger partial charge < -0.3 is 14.4 Å². The minimum atomic E-state index is -0.221. The van der Waals surface area contributed by atoms with E-state index >= 15 is 0 Å². The van der Waals surface area contributed by atoms with Crippen molar-refractivity contribution < 1.29 is 14.2 Å². The van der Waals surface area contributed by atoms with E-state index in [4.69, 9.17) is 4.74 Å². The number of alkyl halides is 1. The average Bonchev–Trinajstić information content (AvgIpc) is 3.09. The number of hydrogen-bond donors (Lipinski definition) is 1. The van der Waals surface area contributed by atoms with E-state index in [1.165, 1.54) is 33.5 Å². The number of aromatic hydroxyl groups is 1. The molecule has 3 aromatic carbocycles. The lowest BCUT2D eigenvalue weighted by Crippen LogP contribution is -2.49. The fraction of sp³-hybridized carbons (Fsp3) is 0.333. The number of hydrogen-bond acceptors (Lipinski definition) is 3. The number of phenolic OH excluding ortho intramolecular Hbond substituents is 1. The van der Waals surface area contributed by atoms with Crippen molar-refractivity contribution in [1.82, 2.24) is 9.47 Å². The number of likely N-dealkylation sites (tertiary alicyclic amines) is 1. The highest BCUT2D eigenvalue weighted by atomic mass is 19.1. The Morgan fingerprint density at radius 3 is 2.43 bits per heavy atom. The second kappa shape index (κ2) is 9.74. The van der Waals surface area contributed by atoms with Crippen molar-refractivity contribution >= 4 is 10.9 Å². The summed E-state index contributed by atoms with van der Waals surface area (Å²) in [6, 6.07) is 20.5. The summed E-state index contributed by atoms with van der Waals surface area (Å²) >= 11 is 0. The third-order valence-corrected chi connectivity index (χ3v) is 7.27. The van der Waals surface area contributed by atoms with Crippen molar-refractivity contribution in [3.63, 3.8) is 0 Å². The monoisotopic (exact) mass is 472 g/mol. The van der Waals surface area contributed by atoms with Crippen LogP contribution in [0.4, 0.5) is 4.39 Å². The largest absolute Gasteiger partial charge is 0.508 e. The van der Waals surface area contributed by atoms with Crippen LogP contribution in [0.3, 0.4) is 0 Å². The molecule has 0 aliphatic carbocycles. The Morgan fingerprint density at radius 2 is 1.71 bits per heavy atom. The quantitative estimate of drug-likeness (QED) is 0.329. The zero-order chi connectivity index (χ0) is 24.5. The molecule has 2 heterocycles. The third kappa shape index (κ3) is 4.78. The lowest BCUT2D eigenvalue weighted by Gasteiger charge is -2.37. The van der Waals surface area contributed by atoms with E-state index in [9.17, 15) is 9.50 Å². The summed E-state index contributed by atoms with van der Waals surface area (Å²) in [4.78, 5) is 2.23. The van der Waals surface area contributed by atoms with Gasteiger partial charge >= 0.3 is 0 Å². The molecule has 0 spiro atoms. The van der Waals surface area contributed by atoms with Gasteiger partial charge in [-0.25, -0.2) is 0 Å². The van der Waals surface area contributed by atoms with Crippen LogP contribution in [-0.4, -0.2) is 47.5 Å². The minimum Gasteiger partial charge on any atom is -0.508 e. The smallest absolute Gasteiger partial charge is 0.119 e. The van der Waals surface area contributed by atoms with Crippen molar-refractivity contribution in [1.29, 1.82) is 0 Å². The van der Waals surface area contributed by atoms with Crippen molar-refractivity contribution in [3.8, 4) is 22.8 Å². The molecule has 1 fully saturated rings. The van der Waals surface area contributed by atoms with Crippen LogP contribution >= 0.6 is 0 Å². The zero-order valence-corrected chi connectivity index (χ0v) is 20.7. The van der Waals surface area contributed by atoms with Crippen LogP contribution in [0.2, 0.25) is 0 Å². The van der Waals surface area contributed by atoms with Gasteiger partial charge in [-0.2, -0.15) is 0 Å². The molecule has 182 valence electrons. The molecule has 35 heavy (non-hydrogen) atoms. The van der Waals surface area contributed by atoms with Crippen molar-refractivity contribution in [3.05, 3.63) is 82.9 Å². The summed E-state index contributed by atoms with van der Waals surface area (Å²) in [5.41, 5.74) is 8.36. The molecule has 1 N–H and O–H groups in total. The maximum atomic E-state index is 12.6. The van der Waals surface area contributed by atoms with E-state index < -0.39 is 0 Å². The second-order valence-corrected chi connectivity index (χ2v) is 9.83. The molecular weight excluding hydrogens is 439 g/mol. The van der Waals surface area contributed by atoms with Gasteiger partial charge in [-0.15, -0.1) is 0 Å². The fourth-order valence-electron chi connectivity index (χ4n) is 5.06. The van der Waals surface area contributed by atoms with Gasteiger partial charge in [0.15, 0.2) is 0 Å². The van der Waals surface area contributed by atoms with E-state index in [0.717, 1.165) is 42.8 Å². The predicted octanol–water partition coefficient (Wildman–Crippen LogP) is 6.27. The van der Waals surface area contributed by atoms with Gasteiger partial charge in [-0.1, -0.05) is 24.3 Å². The molecular formula is C30H33FN2O2. The van der Waals surface area contributed by atoms with Crippen LogP contribution in [0.1, 0.15) is 22.3 Å². The summed E-state index contributed by atoms with van der Waals surface area (Å²) in [7, 11) is 0. The maximum Gasteiger partial charge on any atom is 0.119 e. The van der Waals surface area contributed by atoms with E-state index in [-0.39, 0.29) is 18.3 Å². The first-order chi connectivity index (χ1) is 16.9. The summed E-state index contributed by atoms with van der Waals surface area (Å²) in [6.45, 7) is 10.0. The molecule has 4 nitrogen and oxygen atoms in total. The Bertz CT molecular complexity index is 1340. The molecule has 5 rings (SSSR count). The number of rotatable bonds is 8. The Kier molecular flexibility index (Phi) is 6.52. The average molecular weight is 473 g/mol. The lowest BCUT2D eigenvalue weighted by molar-refractivity contribution is 0.0668. The number of fused-ring (bicyclic) bond motifs is 1. The number of ether oxygens (including phenoxy) is 1. The van der Waals surface area contributed by atoms with Gasteiger partial charge in [-0.3, -0.25) is 9.29 Å². The number of benzene rings is 3. The highest BCUT2D eigenvalue weighted by molar-refractivity contribution is 5.92. The SMILES string of the molecule is Cc1ccc(-c2c(C)c3cc(O)ccc3n2Cc2ccc(OCCN3CC(CF)C3)cc2)cc1C. The third-order valence-electron chi connectivity index (χ3n) is 7.27. The van der Waals surface area contributed by atoms with Crippen molar-refractivity contribution in [2.24, 2.45) is 5.92 Å². The molecule has 1 saturated heterocycles. The molecule has 0 atom stereocenters. The highest BCUT2D eigenvalue weighted by Gasteiger charge is 2.25. The lowest BCUT2D eigenvalue weighted by atomic mass is 10.0. The van der Waals surface area contributed by atoms with Gasteiger partial charge in [0.05, 0.1) is 12.4 Å². The van der Waals surface area contributed by atoms with Gasteiger partial charge in [-0.05, 0) is 85.0 Å². The van der Waals surface area contributed by atoms with Crippen molar-refractivity contribution in [2.45, 2.75) is 27.3 Å².